The molecule has 0 aromatic heterocycles. The molecule has 104 valence electrons. The van der Waals surface area contributed by atoms with Crippen molar-refractivity contribution in [2.75, 3.05) is 20.8 Å². The molecule has 4 heteroatoms. The van der Waals surface area contributed by atoms with Crippen LogP contribution in [0.5, 0.6) is 0 Å². The van der Waals surface area contributed by atoms with Crippen molar-refractivity contribution < 1.29 is 18.9 Å². The normalized spacial score (nSPS) is 27.4. The summed E-state index contributed by atoms with van der Waals surface area (Å²) in [5.41, 5.74) is 1.10. The number of hydrogen-bond acceptors (Lipinski definition) is 4. The Kier molecular flexibility index (Phi) is 5.10. The van der Waals surface area contributed by atoms with Gasteiger partial charge in [-0.15, -0.1) is 6.58 Å². The van der Waals surface area contributed by atoms with Gasteiger partial charge in [0.25, 0.3) is 0 Å². The van der Waals surface area contributed by atoms with Crippen LogP contribution in [0.1, 0.15) is 11.7 Å². The quantitative estimate of drug-likeness (QED) is 0.605. The van der Waals surface area contributed by atoms with Crippen molar-refractivity contribution in [1.29, 1.82) is 0 Å². The van der Waals surface area contributed by atoms with Crippen molar-refractivity contribution in [1.82, 2.24) is 0 Å². The molecule has 0 spiro atoms. The third kappa shape index (κ3) is 3.22. The number of hydrogen-bond donors (Lipinski definition) is 0. The van der Waals surface area contributed by atoms with Crippen LogP contribution in [0, 0.1) is 5.92 Å². The Hall–Kier alpha value is -1.20. The second-order valence-electron chi connectivity index (χ2n) is 4.41. The first-order valence-corrected chi connectivity index (χ1v) is 6.30. The molecular weight excluding hydrogens is 244 g/mol. The first kappa shape index (κ1) is 14.2. The summed E-state index contributed by atoms with van der Waals surface area (Å²) >= 11 is 0. The van der Waals surface area contributed by atoms with E-state index in [0.717, 1.165) is 5.56 Å². The lowest BCUT2D eigenvalue weighted by Gasteiger charge is -2.37. The average Bonchev–Trinajstić information content (AvgIpc) is 2.49. The van der Waals surface area contributed by atoms with Crippen LogP contribution in [0.2, 0.25) is 0 Å². The SMILES string of the molecule is C=C[C@H]1CO[C@H](C(OC)OC)O[C@@H]1c1ccccc1. The molecule has 0 aliphatic carbocycles. The first-order chi connectivity index (χ1) is 9.30. The van der Waals surface area contributed by atoms with E-state index in [2.05, 4.69) is 6.58 Å². The van der Waals surface area contributed by atoms with Crippen LogP contribution in [-0.2, 0) is 18.9 Å². The van der Waals surface area contributed by atoms with Gasteiger partial charge in [0.2, 0.25) is 12.6 Å². The molecule has 19 heavy (non-hydrogen) atoms. The molecule has 1 aliphatic heterocycles. The Morgan fingerprint density at radius 2 is 1.95 bits per heavy atom. The van der Waals surface area contributed by atoms with Crippen LogP contribution in [0.25, 0.3) is 0 Å². The molecule has 2 rings (SSSR count). The van der Waals surface area contributed by atoms with Gasteiger partial charge in [-0.3, -0.25) is 0 Å². The highest BCUT2D eigenvalue weighted by Gasteiger charge is 2.35. The third-order valence-corrected chi connectivity index (χ3v) is 3.24. The topological polar surface area (TPSA) is 36.9 Å². The zero-order chi connectivity index (χ0) is 13.7. The fourth-order valence-corrected chi connectivity index (χ4v) is 2.20. The Bertz CT molecular complexity index is 388. The predicted octanol–water partition coefficient (Wildman–Crippen LogP) is 2.52. The number of rotatable bonds is 5. The summed E-state index contributed by atoms with van der Waals surface area (Å²) < 4.78 is 22.0. The minimum absolute atomic E-state index is 0.0924. The van der Waals surface area contributed by atoms with Gasteiger partial charge >= 0.3 is 0 Å². The Morgan fingerprint density at radius 1 is 1.26 bits per heavy atom. The molecule has 0 unspecified atom stereocenters. The van der Waals surface area contributed by atoms with Gasteiger partial charge in [-0.05, 0) is 5.56 Å². The molecule has 1 saturated heterocycles. The Morgan fingerprint density at radius 3 is 2.53 bits per heavy atom. The van der Waals surface area contributed by atoms with Gasteiger partial charge in [-0.25, -0.2) is 0 Å². The minimum Gasteiger partial charge on any atom is -0.351 e. The number of methoxy groups -OCH3 is 2. The molecule has 4 nitrogen and oxygen atoms in total. The average molecular weight is 264 g/mol. The molecule has 0 amide bonds. The van der Waals surface area contributed by atoms with Crippen LogP contribution < -0.4 is 0 Å². The fourth-order valence-electron chi connectivity index (χ4n) is 2.20. The van der Waals surface area contributed by atoms with E-state index >= 15 is 0 Å². The molecule has 1 aromatic carbocycles. The van der Waals surface area contributed by atoms with Gasteiger partial charge in [0.05, 0.1) is 12.7 Å². The van der Waals surface area contributed by atoms with Crippen molar-refractivity contribution in [3.63, 3.8) is 0 Å². The third-order valence-electron chi connectivity index (χ3n) is 3.24. The van der Waals surface area contributed by atoms with E-state index in [-0.39, 0.29) is 12.0 Å². The number of benzene rings is 1. The van der Waals surface area contributed by atoms with Crippen molar-refractivity contribution in [3.05, 3.63) is 48.6 Å². The summed E-state index contributed by atoms with van der Waals surface area (Å²) in [6.45, 7) is 4.39. The van der Waals surface area contributed by atoms with Crippen molar-refractivity contribution in [2.24, 2.45) is 5.92 Å². The monoisotopic (exact) mass is 264 g/mol. The van der Waals surface area contributed by atoms with Gasteiger partial charge < -0.3 is 18.9 Å². The molecule has 3 atom stereocenters. The van der Waals surface area contributed by atoms with E-state index < -0.39 is 12.6 Å². The summed E-state index contributed by atoms with van der Waals surface area (Å²) in [4.78, 5) is 0. The van der Waals surface area contributed by atoms with Crippen molar-refractivity contribution >= 4 is 0 Å². The van der Waals surface area contributed by atoms with E-state index in [1.165, 1.54) is 0 Å². The lowest BCUT2D eigenvalue weighted by molar-refractivity contribution is -0.317. The zero-order valence-electron chi connectivity index (χ0n) is 11.3. The lowest BCUT2D eigenvalue weighted by atomic mass is 9.95. The van der Waals surface area contributed by atoms with Crippen LogP contribution in [0.15, 0.2) is 43.0 Å². The van der Waals surface area contributed by atoms with E-state index in [4.69, 9.17) is 18.9 Å². The van der Waals surface area contributed by atoms with E-state index in [1.54, 1.807) is 14.2 Å². The molecule has 0 bridgehead atoms. The molecule has 1 heterocycles. The molecule has 0 radical (unpaired) electrons. The number of ether oxygens (including phenoxy) is 4. The molecule has 0 N–H and O–H groups in total. The van der Waals surface area contributed by atoms with Crippen LogP contribution in [0.4, 0.5) is 0 Å². The van der Waals surface area contributed by atoms with Crippen molar-refractivity contribution in [3.8, 4) is 0 Å². The van der Waals surface area contributed by atoms with E-state index in [9.17, 15) is 0 Å². The highest BCUT2D eigenvalue weighted by molar-refractivity contribution is 5.20. The first-order valence-electron chi connectivity index (χ1n) is 6.30. The van der Waals surface area contributed by atoms with Gasteiger partial charge in [-0.2, -0.15) is 0 Å². The van der Waals surface area contributed by atoms with Gasteiger partial charge in [0, 0.05) is 20.1 Å². The standard InChI is InChI=1S/C15H20O4/c1-4-11-10-18-15(14(16-2)17-3)19-13(11)12-8-6-5-7-9-12/h4-9,11,13-15H,1,10H2,2-3H3/t11-,13-,15-/m0/s1. The fraction of sp³-hybridized carbons (Fsp3) is 0.467. The summed E-state index contributed by atoms with van der Waals surface area (Å²) in [6, 6.07) is 10.0. The summed E-state index contributed by atoms with van der Waals surface area (Å²) in [5.74, 6) is 0.119. The largest absolute Gasteiger partial charge is 0.351 e. The molecule has 1 fully saturated rings. The van der Waals surface area contributed by atoms with Crippen LogP contribution >= 0.6 is 0 Å². The lowest BCUT2D eigenvalue weighted by Crippen LogP contribution is -2.42. The second kappa shape index (κ2) is 6.82. The predicted molar refractivity (Wildman–Crippen MR) is 71.5 cm³/mol. The molecular formula is C15H20O4. The molecule has 1 aliphatic rings. The summed E-state index contributed by atoms with van der Waals surface area (Å²) in [7, 11) is 3.13. The Balaban J connectivity index is 2.16. The smallest absolute Gasteiger partial charge is 0.210 e. The van der Waals surface area contributed by atoms with E-state index in [1.807, 2.05) is 36.4 Å². The van der Waals surface area contributed by atoms with Gasteiger partial charge in [-0.1, -0.05) is 36.4 Å². The van der Waals surface area contributed by atoms with Gasteiger partial charge in [0.15, 0.2) is 0 Å². The highest BCUT2D eigenvalue weighted by Crippen LogP contribution is 2.34. The maximum absolute atomic E-state index is 5.98. The molecule has 0 saturated carbocycles. The summed E-state index contributed by atoms with van der Waals surface area (Å²) in [6.07, 6.45) is 0.710. The Labute approximate surface area is 113 Å². The second-order valence-corrected chi connectivity index (χ2v) is 4.41. The maximum Gasteiger partial charge on any atom is 0.210 e. The van der Waals surface area contributed by atoms with Crippen molar-refractivity contribution in [2.45, 2.75) is 18.7 Å². The van der Waals surface area contributed by atoms with Crippen LogP contribution in [0.3, 0.4) is 0 Å². The van der Waals surface area contributed by atoms with Gasteiger partial charge in [0.1, 0.15) is 0 Å². The molecule has 1 aromatic rings. The minimum atomic E-state index is -0.531. The van der Waals surface area contributed by atoms with E-state index in [0.29, 0.717) is 6.61 Å². The van der Waals surface area contributed by atoms with Crippen LogP contribution in [-0.4, -0.2) is 33.4 Å². The maximum atomic E-state index is 5.98. The summed E-state index contributed by atoms with van der Waals surface area (Å²) in [5, 5.41) is 0. The highest BCUT2D eigenvalue weighted by atomic mass is 16.8. The zero-order valence-corrected chi connectivity index (χ0v) is 11.3.